The number of amides is 2. The molecule has 2 aliphatic carbocycles. The molecule has 1 N–H and O–H groups in total. The van der Waals surface area contributed by atoms with Gasteiger partial charge in [-0.15, -0.1) is 0 Å². The lowest BCUT2D eigenvalue weighted by Crippen LogP contribution is -2.42. The molecule has 0 aromatic heterocycles. The van der Waals surface area contributed by atoms with Crippen LogP contribution in [0.15, 0.2) is 24.3 Å². The minimum Gasteiger partial charge on any atom is -0.496 e. The molecular formula is C20H26N2O3. The predicted molar refractivity (Wildman–Crippen MR) is 93.9 cm³/mol. The molecule has 134 valence electrons. The van der Waals surface area contributed by atoms with Crippen LogP contribution < -0.4 is 10.1 Å². The van der Waals surface area contributed by atoms with Crippen molar-refractivity contribution in [2.75, 3.05) is 13.7 Å². The van der Waals surface area contributed by atoms with Gasteiger partial charge in [-0.3, -0.25) is 9.59 Å². The highest BCUT2D eigenvalue weighted by atomic mass is 16.5. The Morgan fingerprint density at radius 3 is 2.84 bits per heavy atom. The molecule has 4 rings (SSSR count). The first kappa shape index (κ1) is 16.4. The summed E-state index contributed by atoms with van der Waals surface area (Å²) >= 11 is 0. The van der Waals surface area contributed by atoms with Crippen molar-refractivity contribution in [1.82, 2.24) is 10.2 Å². The number of rotatable bonds is 5. The second-order valence-corrected chi connectivity index (χ2v) is 7.78. The molecule has 5 heteroatoms. The highest BCUT2D eigenvalue weighted by Crippen LogP contribution is 2.44. The number of carbonyl (C=O) groups excluding carboxylic acids is 2. The maximum Gasteiger partial charge on any atom is 0.225 e. The number of benzene rings is 1. The van der Waals surface area contributed by atoms with E-state index in [1.54, 1.807) is 12.0 Å². The molecular weight excluding hydrogens is 316 g/mol. The molecule has 1 heterocycles. The molecule has 1 aliphatic heterocycles. The number of carbonyl (C=O) groups is 2. The Bertz CT molecular complexity index is 675. The van der Waals surface area contributed by atoms with Gasteiger partial charge in [0.25, 0.3) is 0 Å². The molecule has 3 aliphatic rings. The van der Waals surface area contributed by atoms with Crippen molar-refractivity contribution >= 4 is 11.8 Å². The van der Waals surface area contributed by atoms with Crippen molar-refractivity contribution in [3.05, 3.63) is 29.8 Å². The van der Waals surface area contributed by atoms with E-state index in [-0.39, 0.29) is 17.7 Å². The van der Waals surface area contributed by atoms with Gasteiger partial charge < -0.3 is 15.0 Å². The lowest BCUT2D eigenvalue weighted by molar-refractivity contribution is -0.129. The molecule has 1 saturated heterocycles. The molecule has 4 atom stereocenters. The summed E-state index contributed by atoms with van der Waals surface area (Å²) in [5, 5.41) is 3.24. The van der Waals surface area contributed by atoms with Crippen LogP contribution in [-0.2, 0) is 16.1 Å². The third-order valence-corrected chi connectivity index (χ3v) is 6.20. The van der Waals surface area contributed by atoms with Gasteiger partial charge >= 0.3 is 0 Å². The molecule has 3 fully saturated rings. The third-order valence-electron chi connectivity index (χ3n) is 6.20. The van der Waals surface area contributed by atoms with E-state index in [9.17, 15) is 9.59 Å². The van der Waals surface area contributed by atoms with E-state index in [4.69, 9.17) is 4.74 Å². The fourth-order valence-corrected chi connectivity index (χ4v) is 4.86. The number of para-hydroxylation sites is 1. The summed E-state index contributed by atoms with van der Waals surface area (Å²) in [4.78, 5) is 26.8. The summed E-state index contributed by atoms with van der Waals surface area (Å²) in [5.41, 5.74) is 0.979. The first-order chi connectivity index (χ1) is 12.1. The average molecular weight is 342 g/mol. The molecule has 25 heavy (non-hydrogen) atoms. The fraction of sp³-hybridized carbons (Fsp3) is 0.600. The molecule has 0 radical (unpaired) electrons. The highest BCUT2D eigenvalue weighted by Gasteiger charge is 2.42. The Morgan fingerprint density at radius 2 is 2.12 bits per heavy atom. The second-order valence-electron chi connectivity index (χ2n) is 7.78. The Balaban J connectivity index is 1.36. The zero-order chi connectivity index (χ0) is 17.4. The summed E-state index contributed by atoms with van der Waals surface area (Å²) in [6, 6.07) is 8.06. The van der Waals surface area contributed by atoms with Crippen LogP contribution in [0.2, 0.25) is 0 Å². The number of hydrogen-bond donors (Lipinski definition) is 1. The van der Waals surface area contributed by atoms with Gasteiger partial charge in [-0.05, 0) is 37.2 Å². The van der Waals surface area contributed by atoms with Gasteiger partial charge in [0, 0.05) is 31.1 Å². The first-order valence-corrected chi connectivity index (χ1v) is 9.34. The number of nitrogens with zero attached hydrogens (tertiary/aromatic N) is 1. The van der Waals surface area contributed by atoms with Crippen LogP contribution in [0.1, 0.15) is 37.7 Å². The molecule has 0 spiro atoms. The molecule has 1 aromatic rings. The lowest BCUT2D eigenvalue weighted by Gasteiger charge is -2.24. The number of ether oxygens (including phenoxy) is 1. The quantitative estimate of drug-likeness (QED) is 0.894. The second kappa shape index (κ2) is 6.70. The van der Waals surface area contributed by atoms with Gasteiger partial charge in [0.2, 0.25) is 11.8 Å². The van der Waals surface area contributed by atoms with E-state index in [1.165, 1.54) is 19.3 Å². The monoisotopic (exact) mass is 342 g/mol. The molecule has 2 saturated carbocycles. The minimum absolute atomic E-state index is 0.0546. The van der Waals surface area contributed by atoms with Crippen LogP contribution >= 0.6 is 0 Å². The Hall–Kier alpha value is -2.04. The van der Waals surface area contributed by atoms with Crippen LogP contribution in [-0.4, -0.2) is 36.4 Å². The van der Waals surface area contributed by atoms with Gasteiger partial charge in [0.15, 0.2) is 0 Å². The standard InChI is InChI=1S/C20H26N2O3/c1-25-18-5-3-2-4-15(18)11-22-12-16(10-19(22)23)20(24)21-17-9-13-6-7-14(17)8-13/h2-5,13-14,16-17H,6-12H2,1H3,(H,21,24). The smallest absolute Gasteiger partial charge is 0.225 e. The number of nitrogens with one attached hydrogen (secondary N) is 1. The number of hydrogen-bond acceptors (Lipinski definition) is 3. The van der Waals surface area contributed by atoms with Gasteiger partial charge in [0.05, 0.1) is 13.0 Å². The van der Waals surface area contributed by atoms with Gasteiger partial charge in [-0.25, -0.2) is 0 Å². The predicted octanol–water partition coefficient (Wildman–Crippen LogP) is 2.35. The molecule has 1 aromatic carbocycles. The molecule has 2 amide bonds. The Morgan fingerprint density at radius 1 is 1.28 bits per heavy atom. The lowest BCUT2D eigenvalue weighted by atomic mass is 9.94. The van der Waals surface area contributed by atoms with E-state index in [0.717, 1.165) is 23.7 Å². The Labute approximate surface area is 148 Å². The van der Waals surface area contributed by atoms with Crippen molar-refractivity contribution in [2.45, 2.75) is 44.7 Å². The van der Waals surface area contributed by atoms with Crippen LogP contribution in [0.25, 0.3) is 0 Å². The fourth-order valence-electron chi connectivity index (χ4n) is 4.86. The average Bonchev–Trinajstić information content (AvgIpc) is 3.32. The first-order valence-electron chi connectivity index (χ1n) is 9.34. The summed E-state index contributed by atoms with van der Waals surface area (Å²) in [5.74, 6) is 2.15. The summed E-state index contributed by atoms with van der Waals surface area (Å²) in [7, 11) is 1.64. The molecule has 5 nitrogen and oxygen atoms in total. The molecule has 2 bridgehead atoms. The summed E-state index contributed by atoms with van der Waals surface area (Å²) < 4.78 is 5.36. The van der Waals surface area contributed by atoms with Crippen LogP contribution in [0.4, 0.5) is 0 Å². The van der Waals surface area contributed by atoms with Gasteiger partial charge in [-0.1, -0.05) is 24.6 Å². The zero-order valence-electron chi connectivity index (χ0n) is 14.7. The number of methoxy groups -OCH3 is 1. The van der Waals surface area contributed by atoms with Crippen molar-refractivity contribution in [3.8, 4) is 5.75 Å². The van der Waals surface area contributed by atoms with Crippen LogP contribution in [0.5, 0.6) is 5.75 Å². The summed E-state index contributed by atoms with van der Waals surface area (Å²) in [6.07, 6.45) is 5.29. The zero-order valence-corrected chi connectivity index (χ0v) is 14.7. The van der Waals surface area contributed by atoms with Crippen LogP contribution in [0, 0.1) is 17.8 Å². The van der Waals surface area contributed by atoms with E-state index in [1.807, 2.05) is 24.3 Å². The van der Waals surface area contributed by atoms with Crippen molar-refractivity contribution in [2.24, 2.45) is 17.8 Å². The molecule has 4 unspecified atom stereocenters. The largest absolute Gasteiger partial charge is 0.496 e. The Kier molecular flexibility index (Phi) is 4.40. The van der Waals surface area contributed by atoms with E-state index in [0.29, 0.717) is 31.5 Å². The topological polar surface area (TPSA) is 58.6 Å². The van der Waals surface area contributed by atoms with Gasteiger partial charge in [0.1, 0.15) is 5.75 Å². The van der Waals surface area contributed by atoms with Crippen molar-refractivity contribution in [3.63, 3.8) is 0 Å². The van der Waals surface area contributed by atoms with E-state index >= 15 is 0 Å². The number of likely N-dealkylation sites (tertiary alicyclic amines) is 1. The van der Waals surface area contributed by atoms with Crippen molar-refractivity contribution in [1.29, 1.82) is 0 Å². The van der Waals surface area contributed by atoms with E-state index in [2.05, 4.69) is 5.32 Å². The SMILES string of the molecule is COc1ccccc1CN1CC(C(=O)NC2CC3CCC2C3)CC1=O. The van der Waals surface area contributed by atoms with Crippen molar-refractivity contribution < 1.29 is 14.3 Å². The maximum absolute atomic E-state index is 12.6. The normalized spacial score (nSPS) is 30.8. The van der Waals surface area contributed by atoms with Crippen LogP contribution in [0.3, 0.4) is 0 Å². The summed E-state index contributed by atoms with van der Waals surface area (Å²) in [6.45, 7) is 1.00. The minimum atomic E-state index is -0.221. The van der Waals surface area contributed by atoms with Gasteiger partial charge in [-0.2, -0.15) is 0 Å². The maximum atomic E-state index is 12.6. The van der Waals surface area contributed by atoms with E-state index < -0.39 is 0 Å². The highest BCUT2D eigenvalue weighted by molar-refractivity contribution is 5.89. The number of fused-ring (bicyclic) bond motifs is 2. The third kappa shape index (κ3) is 3.24.